The highest BCUT2D eigenvalue weighted by atomic mass is 16.5. The molecule has 2 N–H and O–H groups in total. The van der Waals surface area contributed by atoms with E-state index in [2.05, 4.69) is 9.97 Å². The first-order valence-corrected chi connectivity index (χ1v) is 8.57. The highest BCUT2D eigenvalue weighted by Crippen LogP contribution is 2.24. The van der Waals surface area contributed by atoms with Gasteiger partial charge in [-0.05, 0) is 18.2 Å². The van der Waals surface area contributed by atoms with Gasteiger partial charge in [-0.15, -0.1) is 0 Å². The second-order valence-electron chi connectivity index (χ2n) is 6.33. The first-order valence-electron chi connectivity index (χ1n) is 8.57. The van der Waals surface area contributed by atoms with Crippen molar-refractivity contribution in [1.82, 2.24) is 19.4 Å². The fourth-order valence-corrected chi connectivity index (χ4v) is 3.17. The second-order valence-corrected chi connectivity index (χ2v) is 6.33. The molecule has 0 spiro atoms. The van der Waals surface area contributed by atoms with E-state index < -0.39 is 12.1 Å². The first-order chi connectivity index (χ1) is 13.0. The highest BCUT2D eigenvalue weighted by molar-refractivity contribution is 5.87. The van der Waals surface area contributed by atoms with Crippen molar-refractivity contribution in [3.63, 3.8) is 0 Å². The molecule has 9 heteroatoms. The van der Waals surface area contributed by atoms with E-state index in [9.17, 15) is 14.7 Å². The molecule has 3 heterocycles. The summed E-state index contributed by atoms with van der Waals surface area (Å²) >= 11 is 0. The minimum Gasteiger partial charge on any atom is -0.486 e. The summed E-state index contributed by atoms with van der Waals surface area (Å²) in [6, 6.07) is 6.83. The Labute approximate surface area is 156 Å². The van der Waals surface area contributed by atoms with Crippen LogP contribution in [0.3, 0.4) is 0 Å². The number of aromatic carboxylic acids is 1. The molecule has 0 radical (unpaired) electrons. The van der Waals surface area contributed by atoms with Gasteiger partial charge in [0.25, 0.3) is 0 Å². The van der Waals surface area contributed by atoms with Gasteiger partial charge < -0.3 is 14.9 Å². The topological polar surface area (TPSA) is 113 Å². The minimum absolute atomic E-state index is 0.118. The molecule has 0 aromatic carbocycles. The van der Waals surface area contributed by atoms with Gasteiger partial charge >= 0.3 is 12.1 Å². The summed E-state index contributed by atoms with van der Waals surface area (Å²) in [5.74, 6) is 0.338. The Morgan fingerprint density at radius 1 is 1.15 bits per heavy atom. The number of ether oxygens (including phenoxy) is 1. The number of piperazine rings is 1. The van der Waals surface area contributed by atoms with Crippen LogP contribution in [0.2, 0.25) is 0 Å². The molecule has 3 rings (SSSR count). The number of nitrogens with zero attached hydrogens (tertiary/aromatic N) is 4. The quantitative estimate of drug-likeness (QED) is 0.739. The summed E-state index contributed by atoms with van der Waals surface area (Å²) in [7, 11) is 0. The van der Waals surface area contributed by atoms with E-state index in [1.807, 2.05) is 6.07 Å². The van der Waals surface area contributed by atoms with E-state index in [0.717, 1.165) is 0 Å². The zero-order valence-corrected chi connectivity index (χ0v) is 14.7. The second kappa shape index (κ2) is 8.00. The number of carboxylic acid groups (broad SMARTS) is 2. The Kier molecular flexibility index (Phi) is 5.51. The summed E-state index contributed by atoms with van der Waals surface area (Å²) in [6.45, 7) is 2.84. The first kappa shape index (κ1) is 18.6. The van der Waals surface area contributed by atoms with Crippen LogP contribution in [0.1, 0.15) is 10.4 Å². The molecule has 1 amide bonds. The molecule has 142 valence electrons. The fraction of sp³-hybridized carbons (Fsp3) is 0.333. The van der Waals surface area contributed by atoms with E-state index in [1.54, 1.807) is 24.5 Å². The van der Waals surface area contributed by atoms with Crippen molar-refractivity contribution in [1.29, 1.82) is 0 Å². The number of hydrogen-bond donors (Lipinski definition) is 2. The maximum Gasteiger partial charge on any atom is 0.407 e. The number of carboxylic acids is 1. The molecule has 0 saturated carbocycles. The SMILES string of the molecule is O=C(O)c1ccc([N+]2(CCOc3cccnc3)CCN(C(=O)O)CC2)nc1. The van der Waals surface area contributed by atoms with Gasteiger partial charge in [-0.2, -0.15) is 0 Å². The largest absolute Gasteiger partial charge is 0.486 e. The molecule has 0 atom stereocenters. The fourth-order valence-electron chi connectivity index (χ4n) is 3.17. The summed E-state index contributed by atoms with van der Waals surface area (Å²) in [5.41, 5.74) is 0.118. The van der Waals surface area contributed by atoms with Gasteiger partial charge in [0.15, 0.2) is 0 Å². The average molecular weight is 373 g/mol. The summed E-state index contributed by atoms with van der Waals surface area (Å²) in [4.78, 5) is 32.0. The molecule has 1 fully saturated rings. The molecule has 0 aliphatic carbocycles. The number of rotatable bonds is 6. The van der Waals surface area contributed by atoms with Gasteiger partial charge in [0.05, 0.1) is 24.8 Å². The Balaban J connectivity index is 1.76. The number of amides is 1. The van der Waals surface area contributed by atoms with Crippen molar-refractivity contribution in [2.24, 2.45) is 0 Å². The lowest BCUT2D eigenvalue weighted by Crippen LogP contribution is -2.63. The zero-order chi connectivity index (χ0) is 19.3. The Morgan fingerprint density at radius 2 is 1.93 bits per heavy atom. The Morgan fingerprint density at radius 3 is 2.48 bits per heavy atom. The molecule has 1 aliphatic heterocycles. The van der Waals surface area contributed by atoms with E-state index in [-0.39, 0.29) is 5.56 Å². The van der Waals surface area contributed by atoms with Crippen LogP contribution >= 0.6 is 0 Å². The number of pyridine rings is 2. The molecule has 1 saturated heterocycles. The predicted molar refractivity (Wildman–Crippen MR) is 96.9 cm³/mol. The van der Waals surface area contributed by atoms with Crippen LogP contribution in [0.25, 0.3) is 0 Å². The van der Waals surface area contributed by atoms with Crippen LogP contribution in [-0.4, -0.2) is 76.5 Å². The van der Waals surface area contributed by atoms with E-state index in [4.69, 9.17) is 9.84 Å². The number of carbonyl (C=O) groups is 2. The maximum absolute atomic E-state index is 11.2. The van der Waals surface area contributed by atoms with Crippen molar-refractivity contribution >= 4 is 17.9 Å². The normalized spacial score (nSPS) is 15.9. The van der Waals surface area contributed by atoms with Gasteiger partial charge in [0, 0.05) is 18.5 Å². The summed E-state index contributed by atoms with van der Waals surface area (Å²) in [6.07, 6.45) is 3.70. The van der Waals surface area contributed by atoms with Gasteiger partial charge in [0.2, 0.25) is 5.82 Å². The van der Waals surface area contributed by atoms with Crippen LogP contribution in [0.5, 0.6) is 5.75 Å². The standard InChI is InChI=1S/C18H20N4O5/c23-17(24)14-3-4-16(20-12-14)22(8-6-21(7-9-22)18(25)26)10-11-27-15-2-1-5-19-13-15/h1-5,12-13H,6-11H2,(H-,23,24,25,26)/p+1. The van der Waals surface area contributed by atoms with Crippen LogP contribution < -0.4 is 9.22 Å². The molecule has 2 aromatic heterocycles. The van der Waals surface area contributed by atoms with Gasteiger partial charge in [-0.1, -0.05) is 0 Å². The Bertz CT molecular complexity index is 789. The number of hydrogen-bond acceptors (Lipinski definition) is 5. The molecular formula is C18H21N4O5+. The van der Waals surface area contributed by atoms with Crippen molar-refractivity contribution in [3.8, 4) is 5.75 Å². The molecule has 1 aliphatic rings. The van der Waals surface area contributed by atoms with Crippen molar-refractivity contribution in [3.05, 3.63) is 48.4 Å². The lowest BCUT2D eigenvalue weighted by molar-refractivity contribution is 0.0695. The molecule has 2 aromatic rings. The lowest BCUT2D eigenvalue weighted by Gasteiger charge is -2.42. The smallest absolute Gasteiger partial charge is 0.407 e. The van der Waals surface area contributed by atoms with Crippen LogP contribution in [0.15, 0.2) is 42.9 Å². The molecule has 0 bridgehead atoms. The third-order valence-corrected chi connectivity index (χ3v) is 4.77. The van der Waals surface area contributed by atoms with Crippen molar-refractivity contribution < 1.29 is 24.5 Å². The van der Waals surface area contributed by atoms with E-state index >= 15 is 0 Å². The van der Waals surface area contributed by atoms with Gasteiger partial charge in [-0.3, -0.25) is 14.4 Å². The number of quaternary nitrogens is 1. The molecule has 9 nitrogen and oxygen atoms in total. The summed E-state index contributed by atoms with van der Waals surface area (Å²) < 4.78 is 6.20. The van der Waals surface area contributed by atoms with E-state index in [1.165, 1.54) is 17.2 Å². The van der Waals surface area contributed by atoms with Crippen molar-refractivity contribution in [2.45, 2.75) is 0 Å². The molecular weight excluding hydrogens is 352 g/mol. The van der Waals surface area contributed by atoms with Crippen LogP contribution in [-0.2, 0) is 0 Å². The molecule has 0 unspecified atom stereocenters. The maximum atomic E-state index is 11.2. The average Bonchev–Trinajstić information content (AvgIpc) is 2.69. The van der Waals surface area contributed by atoms with Crippen molar-refractivity contribution in [2.75, 3.05) is 39.3 Å². The van der Waals surface area contributed by atoms with Gasteiger partial charge in [0.1, 0.15) is 32.0 Å². The zero-order valence-electron chi connectivity index (χ0n) is 14.7. The summed E-state index contributed by atoms with van der Waals surface area (Å²) in [5, 5.41) is 18.3. The number of aromatic nitrogens is 2. The van der Waals surface area contributed by atoms with Crippen LogP contribution in [0.4, 0.5) is 10.6 Å². The third-order valence-electron chi connectivity index (χ3n) is 4.77. The van der Waals surface area contributed by atoms with Gasteiger partial charge in [-0.25, -0.2) is 14.6 Å². The minimum atomic E-state index is -1.03. The van der Waals surface area contributed by atoms with E-state index in [0.29, 0.717) is 55.4 Å². The van der Waals surface area contributed by atoms with Crippen LogP contribution in [0, 0.1) is 0 Å². The molecule has 27 heavy (non-hydrogen) atoms. The predicted octanol–water partition coefficient (Wildman–Crippen LogP) is 1.55. The highest BCUT2D eigenvalue weighted by Gasteiger charge is 2.38. The monoisotopic (exact) mass is 373 g/mol. The third kappa shape index (κ3) is 4.32. The lowest BCUT2D eigenvalue weighted by atomic mass is 10.2. The Hall–Kier alpha value is -3.20.